The van der Waals surface area contributed by atoms with Gasteiger partial charge in [0.2, 0.25) is 0 Å². The number of hydrogen-bond acceptors (Lipinski definition) is 6. The van der Waals surface area contributed by atoms with Crippen LogP contribution in [0.15, 0.2) is 60.0 Å². The summed E-state index contributed by atoms with van der Waals surface area (Å²) in [4.78, 5) is 9.50. The molecule has 0 N–H and O–H groups in total. The zero-order chi connectivity index (χ0) is 16.5. The Morgan fingerprint density at radius 3 is 2.29 bits per heavy atom. The fourth-order valence-corrected chi connectivity index (χ4v) is 4.11. The van der Waals surface area contributed by atoms with Crippen LogP contribution in [0.5, 0.6) is 0 Å². The number of fused-ring (bicyclic) bond motifs is 1. The smallest absolute Gasteiger partial charge is 0.0939 e. The van der Waals surface area contributed by atoms with Crippen LogP contribution >= 0.6 is 25.3 Å². The highest BCUT2D eigenvalue weighted by atomic mass is 32.1. The third-order valence-electron chi connectivity index (χ3n) is 4.76. The second-order valence-electron chi connectivity index (χ2n) is 6.18. The van der Waals surface area contributed by atoms with Gasteiger partial charge in [-0.2, -0.15) is 25.3 Å². The first-order valence-electron chi connectivity index (χ1n) is 8.18. The number of para-hydroxylation sites is 2. The minimum atomic E-state index is 0.730. The largest absolute Gasteiger partial charge is 0.346 e. The van der Waals surface area contributed by atoms with Gasteiger partial charge in [-0.3, -0.25) is 0 Å². The van der Waals surface area contributed by atoms with Gasteiger partial charge in [0.1, 0.15) is 0 Å². The van der Waals surface area contributed by atoms with E-state index in [9.17, 15) is 0 Å². The fourth-order valence-electron chi connectivity index (χ4n) is 3.61. The van der Waals surface area contributed by atoms with Crippen molar-refractivity contribution >= 4 is 36.6 Å². The van der Waals surface area contributed by atoms with Gasteiger partial charge < -0.3 is 19.6 Å². The van der Waals surface area contributed by atoms with Crippen molar-refractivity contribution < 1.29 is 0 Å². The van der Waals surface area contributed by atoms with Crippen LogP contribution in [0.1, 0.15) is 6.42 Å². The van der Waals surface area contributed by atoms with Crippen molar-refractivity contribution in [3.8, 4) is 0 Å². The van der Waals surface area contributed by atoms with Crippen molar-refractivity contribution in [2.75, 3.05) is 41.6 Å². The highest BCUT2D eigenvalue weighted by molar-refractivity contribution is 7.80. The van der Waals surface area contributed by atoms with Crippen LogP contribution in [0, 0.1) is 0 Å². The molecule has 0 bridgehead atoms. The molecule has 0 spiro atoms. The molecule has 1 aliphatic carbocycles. The van der Waals surface area contributed by atoms with E-state index in [0.717, 1.165) is 38.2 Å². The van der Waals surface area contributed by atoms with E-state index in [4.69, 9.17) is 0 Å². The third-order valence-corrected chi connectivity index (χ3v) is 5.44. The van der Waals surface area contributed by atoms with E-state index in [1.807, 2.05) is 0 Å². The van der Waals surface area contributed by atoms with E-state index in [1.165, 1.54) is 22.8 Å². The molecule has 0 fully saturated rings. The SMILES string of the molecule is SCN1CN(CN2CN(CS)c3ccccc32)C2=C1CC=CC=C2. The molecule has 0 radical (unpaired) electrons. The number of allylic oxidation sites excluding steroid dienone is 4. The normalized spacial score (nSPS) is 19.2. The summed E-state index contributed by atoms with van der Waals surface area (Å²) < 4.78 is 0. The quantitative estimate of drug-likeness (QED) is 0.801. The lowest BCUT2D eigenvalue weighted by atomic mass is 10.2. The number of anilines is 2. The van der Waals surface area contributed by atoms with E-state index in [1.54, 1.807) is 0 Å². The third kappa shape index (κ3) is 2.67. The minimum Gasteiger partial charge on any atom is -0.346 e. The fraction of sp³-hybridized carbons (Fsp3) is 0.333. The zero-order valence-corrected chi connectivity index (χ0v) is 15.3. The molecule has 0 amide bonds. The lowest BCUT2D eigenvalue weighted by Crippen LogP contribution is -2.40. The summed E-state index contributed by atoms with van der Waals surface area (Å²) in [7, 11) is 0. The van der Waals surface area contributed by atoms with Gasteiger partial charge in [-0.05, 0) is 18.2 Å². The van der Waals surface area contributed by atoms with E-state index < -0.39 is 0 Å². The van der Waals surface area contributed by atoms with Crippen molar-refractivity contribution in [1.82, 2.24) is 9.80 Å². The highest BCUT2D eigenvalue weighted by Gasteiger charge is 2.31. The lowest BCUT2D eigenvalue weighted by molar-refractivity contribution is 0.273. The van der Waals surface area contributed by atoms with Crippen molar-refractivity contribution in [1.29, 1.82) is 0 Å². The van der Waals surface area contributed by atoms with Crippen LogP contribution in [0.2, 0.25) is 0 Å². The lowest BCUT2D eigenvalue weighted by Gasteiger charge is -2.29. The predicted octanol–water partition coefficient (Wildman–Crippen LogP) is 3.31. The van der Waals surface area contributed by atoms with Gasteiger partial charge in [0.15, 0.2) is 0 Å². The topological polar surface area (TPSA) is 13.0 Å². The Bertz CT molecular complexity index is 713. The first-order valence-corrected chi connectivity index (χ1v) is 9.45. The van der Waals surface area contributed by atoms with E-state index in [2.05, 4.69) is 93.4 Å². The molecule has 1 aromatic rings. The molecule has 2 heterocycles. The molecule has 0 saturated heterocycles. The summed E-state index contributed by atoms with van der Waals surface area (Å²) in [5, 5.41) is 0. The van der Waals surface area contributed by atoms with Gasteiger partial charge in [0, 0.05) is 12.1 Å². The van der Waals surface area contributed by atoms with E-state index in [-0.39, 0.29) is 0 Å². The molecule has 0 saturated carbocycles. The van der Waals surface area contributed by atoms with Crippen molar-refractivity contribution in [2.45, 2.75) is 6.42 Å². The average molecular weight is 359 g/mol. The molecule has 0 atom stereocenters. The van der Waals surface area contributed by atoms with E-state index >= 15 is 0 Å². The summed E-state index contributed by atoms with van der Waals surface area (Å²) in [5.74, 6) is 1.48. The molecule has 2 aliphatic heterocycles. The van der Waals surface area contributed by atoms with Gasteiger partial charge in [-0.25, -0.2) is 0 Å². The molecular weight excluding hydrogens is 336 g/mol. The second kappa shape index (κ2) is 6.69. The van der Waals surface area contributed by atoms with Gasteiger partial charge in [-0.15, -0.1) is 0 Å². The summed E-state index contributed by atoms with van der Waals surface area (Å²) >= 11 is 9.00. The average Bonchev–Trinajstić information content (AvgIpc) is 3.02. The molecule has 24 heavy (non-hydrogen) atoms. The Morgan fingerprint density at radius 1 is 0.833 bits per heavy atom. The number of benzene rings is 1. The molecule has 0 aromatic heterocycles. The number of nitrogens with zero attached hydrogens (tertiary/aromatic N) is 4. The number of thiol groups is 2. The Labute approximate surface area is 154 Å². The van der Waals surface area contributed by atoms with Gasteiger partial charge in [0.25, 0.3) is 0 Å². The summed E-state index contributed by atoms with van der Waals surface area (Å²) in [6.45, 7) is 2.64. The van der Waals surface area contributed by atoms with Crippen LogP contribution in [0.25, 0.3) is 0 Å². The molecule has 0 unspecified atom stereocenters. The molecule has 126 valence electrons. The number of hydrogen-bond donors (Lipinski definition) is 2. The molecule has 6 heteroatoms. The van der Waals surface area contributed by atoms with Crippen LogP contribution in [-0.4, -0.2) is 41.6 Å². The summed E-state index contributed by atoms with van der Waals surface area (Å²) in [6, 6.07) is 8.58. The maximum Gasteiger partial charge on any atom is 0.0939 e. The molecule has 4 rings (SSSR count). The van der Waals surface area contributed by atoms with Crippen molar-refractivity contribution in [2.24, 2.45) is 0 Å². The Morgan fingerprint density at radius 2 is 1.54 bits per heavy atom. The molecule has 4 nitrogen and oxygen atoms in total. The van der Waals surface area contributed by atoms with Gasteiger partial charge >= 0.3 is 0 Å². The number of rotatable bonds is 4. The maximum atomic E-state index is 4.52. The van der Waals surface area contributed by atoms with E-state index in [0.29, 0.717) is 0 Å². The maximum absolute atomic E-state index is 4.52. The molecule has 1 aromatic carbocycles. The Balaban J connectivity index is 1.59. The standard InChI is InChI=1S/C18H22N4S2/c23-13-21-11-19(15-6-2-1-3-7-17(15)21)10-20-12-22(14-24)18-9-5-4-8-16(18)20/h1-6,8-9,23-24H,7,10-14H2. The van der Waals surface area contributed by atoms with Crippen molar-refractivity contribution in [3.63, 3.8) is 0 Å². The first-order chi connectivity index (χ1) is 11.8. The zero-order valence-electron chi connectivity index (χ0n) is 13.5. The monoisotopic (exact) mass is 358 g/mol. The van der Waals surface area contributed by atoms with Crippen LogP contribution in [-0.2, 0) is 0 Å². The predicted molar refractivity (Wildman–Crippen MR) is 107 cm³/mol. The van der Waals surface area contributed by atoms with Gasteiger partial charge in [-0.1, -0.05) is 30.4 Å². The Kier molecular flexibility index (Phi) is 4.41. The van der Waals surface area contributed by atoms with Crippen LogP contribution in [0.3, 0.4) is 0 Å². The van der Waals surface area contributed by atoms with Crippen LogP contribution < -0.4 is 9.80 Å². The summed E-state index contributed by atoms with van der Waals surface area (Å²) in [5.41, 5.74) is 5.24. The summed E-state index contributed by atoms with van der Waals surface area (Å²) in [6.07, 6.45) is 9.67. The minimum absolute atomic E-state index is 0.730. The highest BCUT2D eigenvalue weighted by Crippen LogP contribution is 2.37. The van der Waals surface area contributed by atoms with Crippen LogP contribution in [0.4, 0.5) is 11.4 Å². The molecular formula is C18H22N4S2. The molecule has 3 aliphatic rings. The van der Waals surface area contributed by atoms with Crippen molar-refractivity contribution in [3.05, 3.63) is 60.0 Å². The van der Waals surface area contributed by atoms with Gasteiger partial charge in [0.05, 0.1) is 48.8 Å². The first kappa shape index (κ1) is 15.8. The second-order valence-corrected chi connectivity index (χ2v) is 6.74. The Hall–Kier alpha value is -1.66.